The van der Waals surface area contributed by atoms with Gasteiger partial charge in [0.15, 0.2) is 0 Å². The molecule has 2 amide bonds. The lowest BCUT2D eigenvalue weighted by Crippen LogP contribution is -2.44. The fourth-order valence-electron chi connectivity index (χ4n) is 2.66. The summed E-state index contributed by atoms with van der Waals surface area (Å²) < 4.78 is 5.08. The number of rotatable bonds is 5. The van der Waals surface area contributed by atoms with Crippen LogP contribution in [0.1, 0.15) is 14.5 Å². The smallest absolute Gasteiger partial charge is 0.283 e. The van der Waals surface area contributed by atoms with Crippen LogP contribution < -0.4 is 10.1 Å². The SMILES string of the molecule is COc1ccc(NC(=O)C2CSCN2C(=O)c2cc([N+](=O)[O-])c(C)s2)cc1. The molecule has 142 valence electrons. The van der Waals surface area contributed by atoms with Crippen LogP contribution in [0, 0.1) is 17.0 Å². The van der Waals surface area contributed by atoms with Gasteiger partial charge in [0.25, 0.3) is 11.6 Å². The average Bonchev–Trinajstić information content (AvgIpc) is 3.28. The second-order valence-corrected chi connectivity index (χ2v) is 8.07. The summed E-state index contributed by atoms with van der Waals surface area (Å²) in [6.07, 6.45) is 0. The minimum atomic E-state index is -0.633. The number of anilines is 1. The molecule has 1 aliphatic rings. The lowest BCUT2D eigenvalue weighted by molar-refractivity contribution is -0.385. The number of thiophene rings is 1. The van der Waals surface area contributed by atoms with Gasteiger partial charge in [-0.1, -0.05) is 0 Å². The molecule has 27 heavy (non-hydrogen) atoms. The van der Waals surface area contributed by atoms with Crippen molar-refractivity contribution >= 4 is 46.3 Å². The largest absolute Gasteiger partial charge is 0.497 e. The predicted molar refractivity (Wildman–Crippen MR) is 105 cm³/mol. The number of nitrogens with zero attached hydrogens (tertiary/aromatic N) is 2. The number of hydrogen-bond acceptors (Lipinski definition) is 7. The van der Waals surface area contributed by atoms with Crippen molar-refractivity contribution in [3.05, 3.63) is 50.2 Å². The number of benzene rings is 1. The summed E-state index contributed by atoms with van der Waals surface area (Å²) >= 11 is 2.54. The fourth-order valence-corrected chi connectivity index (χ4v) is 4.76. The van der Waals surface area contributed by atoms with Gasteiger partial charge in [-0.2, -0.15) is 0 Å². The van der Waals surface area contributed by atoms with E-state index < -0.39 is 11.0 Å². The van der Waals surface area contributed by atoms with E-state index in [1.165, 1.54) is 22.7 Å². The van der Waals surface area contributed by atoms with Crippen molar-refractivity contribution in [3.63, 3.8) is 0 Å². The van der Waals surface area contributed by atoms with Gasteiger partial charge in [-0.25, -0.2) is 0 Å². The zero-order valence-corrected chi connectivity index (χ0v) is 16.3. The molecule has 1 aromatic heterocycles. The topological polar surface area (TPSA) is 102 Å². The lowest BCUT2D eigenvalue weighted by Gasteiger charge is -2.22. The Hall–Kier alpha value is -2.59. The first-order valence-electron chi connectivity index (χ1n) is 7.99. The first-order chi connectivity index (χ1) is 12.9. The highest BCUT2D eigenvalue weighted by atomic mass is 32.2. The second-order valence-electron chi connectivity index (χ2n) is 5.82. The average molecular weight is 407 g/mol. The zero-order valence-electron chi connectivity index (χ0n) is 14.6. The van der Waals surface area contributed by atoms with Crippen LogP contribution in [0.15, 0.2) is 30.3 Å². The molecule has 2 heterocycles. The van der Waals surface area contributed by atoms with Crippen molar-refractivity contribution in [2.24, 2.45) is 0 Å². The Morgan fingerprint density at radius 1 is 1.33 bits per heavy atom. The van der Waals surface area contributed by atoms with Crippen molar-refractivity contribution < 1.29 is 19.2 Å². The Morgan fingerprint density at radius 2 is 2.04 bits per heavy atom. The van der Waals surface area contributed by atoms with E-state index in [-0.39, 0.29) is 22.4 Å². The highest BCUT2D eigenvalue weighted by Crippen LogP contribution is 2.32. The molecule has 2 aromatic rings. The molecule has 0 saturated carbocycles. The number of carbonyl (C=O) groups is 2. The van der Waals surface area contributed by atoms with Crippen molar-refractivity contribution in [2.45, 2.75) is 13.0 Å². The molecule has 1 atom stereocenters. The molecule has 10 heteroatoms. The van der Waals surface area contributed by atoms with Crippen LogP contribution in [0.2, 0.25) is 0 Å². The number of thioether (sulfide) groups is 1. The maximum Gasteiger partial charge on any atom is 0.283 e. The third kappa shape index (κ3) is 4.06. The summed E-state index contributed by atoms with van der Waals surface area (Å²) in [7, 11) is 1.56. The number of aryl methyl sites for hydroxylation is 1. The van der Waals surface area contributed by atoms with Gasteiger partial charge in [-0.15, -0.1) is 23.1 Å². The number of methoxy groups -OCH3 is 1. The molecule has 0 radical (unpaired) electrons. The molecule has 1 saturated heterocycles. The van der Waals surface area contributed by atoms with Crippen molar-refractivity contribution in [1.82, 2.24) is 4.90 Å². The Kier molecular flexibility index (Phi) is 5.66. The Balaban J connectivity index is 1.73. The minimum Gasteiger partial charge on any atom is -0.497 e. The van der Waals surface area contributed by atoms with Crippen LogP contribution in [0.4, 0.5) is 11.4 Å². The number of amides is 2. The third-order valence-electron chi connectivity index (χ3n) is 4.10. The van der Waals surface area contributed by atoms with Gasteiger partial charge in [0, 0.05) is 17.5 Å². The molecule has 0 aliphatic carbocycles. The zero-order chi connectivity index (χ0) is 19.6. The molecule has 0 spiro atoms. The Labute approximate surface area is 163 Å². The van der Waals surface area contributed by atoms with Gasteiger partial charge in [-0.3, -0.25) is 19.7 Å². The van der Waals surface area contributed by atoms with E-state index in [0.29, 0.717) is 27.9 Å². The van der Waals surface area contributed by atoms with Crippen LogP contribution in [0.25, 0.3) is 0 Å². The van der Waals surface area contributed by atoms with Crippen LogP contribution in [-0.4, -0.2) is 46.4 Å². The van der Waals surface area contributed by atoms with Crippen LogP contribution in [0.3, 0.4) is 0 Å². The van der Waals surface area contributed by atoms with Crippen LogP contribution in [-0.2, 0) is 4.79 Å². The molecular weight excluding hydrogens is 390 g/mol. The molecule has 1 aliphatic heterocycles. The van der Waals surface area contributed by atoms with E-state index in [0.717, 1.165) is 11.3 Å². The number of nitrogens with one attached hydrogen (secondary N) is 1. The van der Waals surface area contributed by atoms with E-state index in [1.807, 2.05) is 0 Å². The van der Waals surface area contributed by atoms with Gasteiger partial charge < -0.3 is 15.0 Å². The standard InChI is InChI=1S/C17H17N3O5S2/c1-10-13(20(23)24)7-15(27-10)17(22)19-9-26-8-14(19)16(21)18-11-3-5-12(25-2)6-4-11/h3-7,14H,8-9H2,1-2H3,(H,18,21). The lowest BCUT2D eigenvalue weighted by atomic mass is 10.2. The number of ether oxygens (including phenoxy) is 1. The first kappa shape index (κ1) is 19.2. The van der Waals surface area contributed by atoms with Crippen molar-refractivity contribution in [3.8, 4) is 5.75 Å². The molecule has 1 aromatic carbocycles. The number of carbonyl (C=O) groups excluding carboxylic acids is 2. The Bertz CT molecular complexity index is 881. The maximum atomic E-state index is 12.8. The molecule has 1 fully saturated rings. The van der Waals surface area contributed by atoms with Crippen molar-refractivity contribution in [1.29, 1.82) is 0 Å². The normalized spacial score (nSPS) is 16.2. The van der Waals surface area contributed by atoms with Gasteiger partial charge >= 0.3 is 0 Å². The molecule has 3 rings (SSSR count). The summed E-state index contributed by atoms with van der Waals surface area (Å²) in [6, 6.07) is 7.55. The summed E-state index contributed by atoms with van der Waals surface area (Å²) in [4.78, 5) is 38.1. The van der Waals surface area contributed by atoms with Gasteiger partial charge in [-0.05, 0) is 31.2 Å². The molecule has 1 unspecified atom stereocenters. The van der Waals surface area contributed by atoms with E-state index in [9.17, 15) is 19.7 Å². The molecule has 1 N–H and O–H groups in total. The van der Waals surface area contributed by atoms with Gasteiger partial charge in [0.05, 0.1) is 27.7 Å². The fraction of sp³-hybridized carbons (Fsp3) is 0.294. The maximum absolute atomic E-state index is 12.8. The van der Waals surface area contributed by atoms with E-state index >= 15 is 0 Å². The quantitative estimate of drug-likeness (QED) is 0.604. The number of nitro groups is 1. The van der Waals surface area contributed by atoms with Gasteiger partial charge in [0.1, 0.15) is 11.8 Å². The summed E-state index contributed by atoms with van der Waals surface area (Å²) in [5, 5.41) is 13.8. The summed E-state index contributed by atoms with van der Waals surface area (Å²) in [5.74, 6) is 0.859. The molecular formula is C17H17N3O5S2. The van der Waals surface area contributed by atoms with Crippen molar-refractivity contribution in [2.75, 3.05) is 24.1 Å². The third-order valence-corrected chi connectivity index (χ3v) is 6.14. The number of hydrogen-bond donors (Lipinski definition) is 1. The first-order valence-corrected chi connectivity index (χ1v) is 9.96. The minimum absolute atomic E-state index is 0.0746. The molecule has 0 bridgehead atoms. The predicted octanol–water partition coefficient (Wildman–Crippen LogP) is 3.13. The monoisotopic (exact) mass is 407 g/mol. The summed E-state index contributed by atoms with van der Waals surface area (Å²) in [5.41, 5.74) is 0.530. The van der Waals surface area contributed by atoms with E-state index in [1.54, 1.807) is 38.3 Å². The molecule has 8 nitrogen and oxygen atoms in total. The second kappa shape index (κ2) is 7.97. The Morgan fingerprint density at radius 3 is 2.63 bits per heavy atom. The van der Waals surface area contributed by atoms with Gasteiger partial charge in [0.2, 0.25) is 5.91 Å². The van der Waals surface area contributed by atoms with Crippen LogP contribution >= 0.6 is 23.1 Å². The highest BCUT2D eigenvalue weighted by molar-refractivity contribution is 7.99. The summed E-state index contributed by atoms with van der Waals surface area (Å²) in [6.45, 7) is 1.60. The van der Waals surface area contributed by atoms with E-state index in [2.05, 4.69) is 5.32 Å². The van der Waals surface area contributed by atoms with Crippen LogP contribution in [0.5, 0.6) is 5.75 Å². The highest BCUT2D eigenvalue weighted by Gasteiger charge is 2.36. The van der Waals surface area contributed by atoms with E-state index in [4.69, 9.17) is 4.74 Å².